The number of carbonyl (C=O) groups excluding carboxylic acids is 2. The Kier molecular flexibility index (Phi) is 25.4. The van der Waals surface area contributed by atoms with E-state index in [9.17, 15) is 96.4 Å². The Hall–Kier alpha value is -3.88. The lowest BCUT2D eigenvalue weighted by Gasteiger charge is -2.43. The number of allylic oxidation sites excluding steroid dienone is 12. The molecule has 5 fully saturated rings. The van der Waals surface area contributed by atoms with Crippen molar-refractivity contribution < 1.29 is 144 Å². The number of hydrogen-bond acceptors (Lipinski definition) is 29. The van der Waals surface area contributed by atoms with Crippen molar-refractivity contribution in [3.63, 3.8) is 0 Å². The molecule has 79 heavy (non-hydrogen) atoms. The quantitative estimate of drug-likeness (QED) is 0.0288. The predicted molar refractivity (Wildman–Crippen MR) is 260 cm³/mol. The van der Waals surface area contributed by atoms with E-state index in [-0.39, 0.29) is 11.1 Å². The van der Waals surface area contributed by atoms with Crippen LogP contribution < -0.4 is 0 Å². The van der Waals surface area contributed by atoms with Crippen LogP contribution in [0.1, 0.15) is 27.7 Å². The SMILES string of the molecule is CC(C=CC=C(C)C(=O)O[C@@H]1O[C@H](CO[C@@H]2O[C@H](CO)[C@@H](O)[C@H](O)[C@H]2O)[C@@H](O)[C@H](O)[C@H]1O)=C/C=C/C=C(C)/C=C/C=C(\C)C(=O)O[C@@H]1O[C@H](CO[C@@H]2O[C@H](CO[C@@H]3O[C@H](CO)[C@@H](O)[C@H](O)[C@H]3O)[C@@H](O)[C@H](O)[C@H]2O)[C@@H](O)[C@H](O)[C@H]1O. The Morgan fingerprint density at radius 2 is 0.595 bits per heavy atom. The summed E-state index contributed by atoms with van der Waals surface area (Å²) in [6.07, 6.45) is -26.7. The zero-order valence-corrected chi connectivity index (χ0v) is 43.2. The highest BCUT2D eigenvalue weighted by atomic mass is 16.8. The van der Waals surface area contributed by atoms with E-state index in [1.807, 2.05) is 0 Å². The van der Waals surface area contributed by atoms with Gasteiger partial charge in [-0.3, -0.25) is 0 Å². The van der Waals surface area contributed by atoms with Crippen LogP contribution in [-0.4, -0.2) is 285 Å². The minimum atomic E-state index is -1.93. The molecule has 5 saturated heterocycles. The highest BCUT2D eigenvalue weighted by Crippen LogP contribution is 2.30. The van der Waals surface area contributed by atoms with Crippen LogP contribution in [0.5, 0.6) is 0 Å². The third-order valence-corrected chi connectivity index (χ3v) is 13.3. The average molecular weight is 1140 g/mol. The van der Waals surface area contributed by atoms with Crippen LogP contribution in [0.2, 0.25) is 0 Å². The van der Waals surface area contributed by atoms with Crippen LogP contribution in [0.15, 0.2) is 83.1 Å². The van der Waals surface area contributed by atoms with Crippen LogP contribution in [0, 0.1) is 0 Å². The van der Waals surface area contributed by atoms with Crippen molar-refractivity contribution >= 4 is 11.9 Å². The van der Waals surface area contributed by atoms with Gasteiger partial charge in [0.1, 0.15) is 122 Å². The Bertz CT molecular complexity index is 2180. The molecule has 0 aromatic heterocycles. The molecule has 17 N–H and O–H groups in total. The fourth-order valence-corrected chi connectivity index (χ4v) is 8.22. The van der Waals surface area contributed by atoms with Gasteiger partial charge in [0.25, 0.3) is 0 Å². The summed E-state index contributed by atoms with van der Waals surface area (Å²) in [5.41, 5.74) is 1.57. The van der Waals surface area contributed by atoms with E-state index in [2.05, 4.69) is 0 Å². The molecule has 448 valence electrons. The summed E-state index contributed by atoms with van der Waals surface area (Å²) in [5, 5.41) is 174. The number of rotatable bonds is 21. The van der Waals surface area contributed by atoms with E-state index >= 15 is 0 Å². The molecule has 0 radical (unpaired) electrons. The van der Waals surface area contributed by atoms with Gasteiger partial charge >= 0.3 is 11.9 Å². The number of aliphatic hydroxyl groups excluding tert-OH is 17. The van der Waals surface area contributed by atoms with Crippen LogP contribution in [0.25, 0.3) is 0 Å². The van der Waals surface area contributed by atoms with E-state index in [4.69, 9.17) is 47.4 Å². The van der Waals surface area contributed by atoms with Gasteiger partial charge in [0.05, 0.1) is 33.0 Å². The zero-order chi connectivity index (χ0) is 58.6. The summed E-state index contributed by atoms with van der Waals surface area (Å²) in [4.78, 5) is 25.9. The first-order valence-electron chi connectivity index (χ1n) is 25.0. The minimum absolute atomic E-state index is 0.0280. The normalized spacial score (nSPS) is 42.3. The van der Waals surface area contributed by atoms with Gasteiger partial charge in [-0.25, -0.2) is 9.59 Å². The second-order valence-electron chi connectivity index (χ2n) is 19.4. The molecule has 29 nitrogen and oxygen atoms in total. The lowest BCUT2D eigenvalue weighted by molar-refractivity contribution is -0.340. The van der Waals surface area contributed by atoms with Crippen molar-refractivity contribution in [2.24, 2.45) is 0 Å². The molecule has 0 aromatic carbocycles. The first-order valence-corrected chi connectivity index (χ1v) is 25.0. The monoisotopic (exact) mass is 1140 g/mol. The van der Waals surface area contributed by atoms with Gasteiger partial charge < -0.3 is 134 Å². The van der Waals surface area contributed by atoms with E-state index in [1.54, 1.807) is 56.4 Å². The molecule has 0 unspecified atom stereocenters. The Morgan fingerprint density at radius 1 is 0.342 bits per heavy atom. The number of aliphatic hydroxyl groups is 17. The van der Waals surface area contributed by atoms with Crippen LogP contribution in [0.3, 0.4) is 0 Å². The molecule has 0 saturated carbocycles. The molecule has 5 aliphatic rings. The summed E-state index contributed by atoms with van der Waals surface area (Å²) in [6.45, 7) is 2.91. The predicted octanol–water partition coefficient (Wildman–Crippen LogP) is -7.40. The summed E-state index contributed by atoms with van der Waals surface area (Å²) in [7, 11) is 0. The Labute approximate surface area is 452 Å². The Morgan fingerprint density at radius 3 is 0.886 bits per heavy atom. The summed E-state index contributed by atoms with van der Waals surface area (Å²) < 4.78 is 53.9. The first-order chi connectivity index (χ1) is 37.3. The molecule has 0 amide bonds. The second kappa shape index (κ2) is 30.4. The van der Waals surface area contributed by atoms with Gasteiger partial charge in [-0.15, -0.1) is 0 Å². The van der Waals surface area contributed by atoms with Crippen molar-refractivity contribution in [1.29, 1.82) is 0 Å². The summed E-state index contributed by atoms with van der Waals surface area (Å²) >= 11 is 0. The van der Waals surface area contributed by atoms with Gasteiger partial charge in [-0.05, 0) is 27.7 Å². The molecule has 25 atom stereocenters. The lowest BCUT2D eigenvalue weighted by atomic mass is 9.98. The van der Waals surface area contributed by atoms with E-state index in [0.717, 1.165) is 11.1 Å². The largest absolute Gasteiger partial charge is 0.429 e. The highest BCUT2D eigenvalue weighted by molar-refractivity contribution is 5.88. The number of ether oxygens (including phenoxy) is 10. The number of carbonyl (C=O) groups is 2. The Balaban J connectivity index is 1.06. The molecule has 0 aromatic rings. The minimum Gasteiger partial charge on any atom is -0.429 e. The molecule has 5 rings (SSSR count). The van der Waals surface area contributed by atoms with Crippen molar-refractivity contribution in [3.05, 3.63) is 83.1 Å². The van der Waals surface area contributed by atoms with Crippen LogP contribution in [0.4, 0.5) is 0 Å². The molecule has 0 bridgehead atoms. The molecular formula is C50H74O29. The lowest BCUT2D eigenvalue weighted by Crippen LogP contribution is -2.62. The summed E-state index contributed by atoms with van der Waals surface area (Å²) in [5.74, 6) is -1.93. The maximum Gasteiger partial charge on any atom is 0.336 e. The van der Waals surface area contributed by atoms with E-state index in [1.165, 1.54) is 32.1 Å². The number of hydrogen-bond donors (Lipinski definition) is 17. The van der Waals surface area contributed by atoms with Gasteiger partial charge in [-0.2, -0.15) is 0 Å². The fraction of sp³-hybridized carbons (Fsp3) is 0.680. The van der Waals surface area contributed by atoms with Gasteiger partial charge in [0.2, 0.25) is 12.6 Å². The zero-order valence-electron chi connectivity index (χ0n) is 43.2. The summed E-state index contributed by atoms with van der Waals surface area (Å²) in [6, 6.07) is 0. The van der Waals surface area contributed by atoms with E-state index < -0.39 is 199 Å². The smallest absolute Gasteiger partial charge is 0.336 e. The van der Waals surface area contributed by atoms with Crippen molar-refractivity contribution in [1.82, 2.24) is 0 Å². The fourth-order valence-electron chi connectivity index (χ4n) is 8.22. The molecule has 5 aliphatic heterocycles. The third kappa shape index (κ3) is 17.1. The van der Waals surface area contributed by atoms with Gasteiger partial charge in [0.15, 0.2) is 18.9 Å². The third-order valence-electron chi connectivity index (χ3n) is 13.3. The molecule has 0 spiro atoms. The van der Waals surface area contributed by atoms with Crippen molar-refractivity contribution in [3.8, 4) is 0 Å². The molecule has 0 aliphatic carbocycles. The topological polar surface area (TPSA) is 470 Å². The number of esters is 2. The maximum absolute atomic E-state index is 13.0. The molecule has 29 heteroatoms. The van der Waals surface area contributed by atoms with Gasteiger partial charge in [-0.1, -0.05) is 71.9 Å². The van der Waals surface area contributed by atoms with Crippen LogP contribution >= 0.6 is 0 Å². The van der Waals surface area contributed by atoms with Crippen molar-refractivity contribution in [2.75, 3.05) is 33.0 Å². The first kappa shape index (κ1) is 65.9. The second-order valence-corrected chi connectivity index (χ2v) is 19.4. The molecular weight excluding hydrogens is 1060 g/mol. The average Bonchev–Trinajstić information content (AvgIpc) is 3.47. The van der Waals surface area contributed by atoms with E-state index in [0.29, 0.717) is 0 Å². The van der Waals surface area contributed by atoms with Crippen molar-refractivity contribution in [2.45, 2.75) is 181 Å². The maximum atomic E-state index is 13.0. The van der Waals surface area contributed by atoms with Gasteiger partial charge in [0, 0.05) is 11.1 Å². The molecule has 5 heterocycles. The van der Waals surface area contributed by atoms with Crippen LogP contribution in [-0.2, 0) is 57.0 Å². The highest BCUT2D eigenvalue weighted by Gasteiger charge is 2.51. The standard InChI is InChI=1S/C50H74O29/c1-20(11-7-13-22(3)44(68)78-49-42(66)37(61)32(56)27(76-49)18-71-47-40(64)35(59)30(54)25(16-52)74-47)9-5-6-10-21(2)12-8-14-23(4)45(69)79-50-43(67)38(62)33(57)28(77-50)19-72-48-41(65)36(60)31(55)26(75-48)17-70-46-39(63)34(58)29(53)24(15-51)73-46/h5-14,24-43,46-67H,15-19H2,1-4H3/b6-5+,11-7?,12-8+,20-9?,21-10+,22-13?,23-14+/t24-,25-,26-,27-,28-,29-,30-,31-,32-,33-,34+,35+,36+,37+,38+,39-,40-,41-,42-,43-,46-,47-,48-,49+,50+/m1/s1.